The number of halogens is 1. The maximum absolute atomic E-state index is 4.37. The molecule has 2 heterocycles. The number of hydrogen-bond donors (Lipinski definition) is 0. The number of anilines is 1. The summed E-state index contributed by atoms with van der Waals surface area (Å²) < 4.78 is 1.04. The van der Waals surface area contributed by atoms with E-state index in [2.05, 4.69) is 38.8 Å². The van der Waals surface area contributed by atoms with E-state index in [1.165, 1.54) is 6.42 Å². The maximum Gasteiger partial charge on any atom is 0.128 e. The number of hydrogen-bond acceptors (Lipinski definition) is 2. The minimum absolute atomic E-state index is 0.811. The lowest BCUT2D eigenvalue weighted by Crippen LogP contribution is -2.19. The number of aromatic nitrogens is 1. The zero-order chi connectivity index (χ0) is 9.26. The highest BCUT2D eigenvalue weighted by molar-refractivity contribution is 9.10. The molecule has 1 aliphatic heterocycles. The largest absolute Gasteiger partial charge is 0.356 e. The van der Waals surface area contributed by atoms with Gasteiger partial charge in [-0.15, -0.1) is 0 Å². The molecule has 13 heavy (non-hydrogen) atoms. The van der Waals surface area contributed by atoms with Crippen molar-refractivity contribution in [1.82, 2.24) is 4.98 Å². The van der Waals surface area contributed by atoms with Crippen molar-refractivity contribution in [2.24, 2.45) is 5.92 Å². The van der Waals surface area contributed by atoms with Crippen molar-refractivity contribution >= 4 is 21.7 Å². The Labute approximate surface area is 87.1 Å². The lowest BCUT2D eigenvalue weighted by molar-refractivity contribution is 0.659. The molecule has 3 heteroatoms. The average molecular weight is 241 g/mol. The number of rotatable bonds is 1. The molecule has 70 valence electrons. The van der Waals surface area contributed by atoms with Crippen LogP contribution in [-0.4, -0.2) is 18.1 Å². The molecule has 1 atom stereocenters. The first-order valence-corrected chi connectivity index (χ1v) is 5.41. The minimum atomic E-state index is 0.811. The topological polar surface area (TPSA) is 16.1 Å². The van der Waals surface area contributed by atoms with E-state index in [4.69, 9.17) is 0 Å². The Kier molecular flexibility index (Phi) is 2.54. The monoisotopic (exact) mass is 240 g/mol. The molecule has 1 aromatic heterocycles. The fourth-order valence-electron chi connectivity index (χ4n) is 1.70. The molecule has 0 aromatic carbocycles. The fourth-order valence-corrected chi connectivity index (χ4v) is 1.93. The Bertz CT molecular complexity index is 283. The van der Waals surface area contributed by atoms with Gasteiger partial charge in [0.15, 0.2) is 0 Å². The van der Waals surface area contributed by atoms with E-state index >= 15 is 0 Å². The molecule has 2 rings (SSSR count). The van der Waals surface area contributed by atoms with E-state index in [1.807, 2.05) is 12.3 Å². The second kappa shape index (κ2) is 3.66. The van der Waals surface area contributed by atoms with Gasteiger partial charge in [0.1, 0.15) is 5.82 Å². The van der Waals surface area contributed by atoms with Gasteiger partial charge in [-0.05, 0) is 40.4 Å². The molecular formula is C10H13BrN2. The van der Waals surface area contributed by atoms with Gasteiger partial charge < -0.3 is 4.90 Å². The van der Waals surface area contributed by atoms with Crippen molar-refractivity contribution in [3.8, 4) is 0 Å². The molecule has 0 aliphatic carbocycles. The van der Waals surface area contributed by atoms with E-state index in [-0.39, 0.29) is 0 Å². The molecule has 0 bridgehead atoms. The van der Waals surface area contributed by atoms with E-state index < -0.39 is 0 Å². The van der Waals surface area contributed by atoms with Crippen molar-refractivity contribution in [3.63, 3.8) is 0 Å². The Hall–Kier alpha value is -0.570. The van der Waals surface area contributed by atoms with Crippen molar-refractivity contribution in [2.45, 2.75) is 13.3 Å². The van der Waals surface area contributed by atoms with Gasteiger partial charge in [0.2, 0.25) is 0 Å². The van der Waals surface area contributed by atoms with Crippen LogP contribution in [0.25, 0.3) is 0 Å². The summed E-state index contributed by atoms with van der Waals surface area (Å²) in [6, 6.07) is 4.12. The van der Waals surface area contributed by atoms with Crippen LogP contribution in [0.3, 0.4) is 0 Å². The van der Waals surface area contributed by atoms with Crippen LogP contribution in [-0.2, 0) is 0 Å². The van der Waals surface area contributed by atoms with Gasteiger partial charge in [-0.25, -0.2) is 4.98 Å². The molecule has 0 spiro atoms. The summed E-state index contributed by atoms with van der Waals surface area (Å²) >= 11 is 3.38. The molecule has 0 saturated carbocycles. The van der Waals surface area contributed by atoms with Gasteiger partial charge in [-0.2, -0.15) is 0 Å². The van der Waals surface area contributed by atoms with Gasteiger partial charge in [0.05, 0.1) is 0 Å². The molecule has 1 saturated heterocycles. The Morgan fingerprint density at radius 2 is 2.38 bits per heavy atom. The first-order chi connectivity index (χ1) is 6.25. The second-order valence-electron chi connectivity index (χ2n) is 3.67. The lowest BCUT2D eigenvalue weighted by Gasteiger charge is -2.16. The van der Waals surface area contributed by atoms with E-state index in [0.717, 1.165) is 29.3 Å². The third-order valence-corrected chi connectivity index (χ3v) is 2.93. The smallest absolute Gasteiger partial charge is 0.128 e. The Morgan fingerprint density at radius 1 is 1.54 bits per heavy atom. The highest BCUT2D eigenvalue weighted by Gasteiger charge is 2.19. The second-order valence-corrected chi connectivity index (χ2v) is 4.59. The first kappa shape index (κ1) is 9.00. The van der Waals surface area contributed by atoms with Crippen molar-refractivity contribution in [2.75, 3.05) is 18.0 Å². The van der Waals surface area contributed by atoms with E-state index in [1.54, 1.807) is 0 Å². The third-order valence-electron chi connectivity index (χ3n) is 2.46. The van der Waals surface area contributed by atoms with Crippen LogP contribution in [0.1, 0.15) is 13.3 Å². The summed E-state index contributed by atoms with van der Waals surface area (Å²) in [7, 11) is 0. The summed E-state index contributed by atoms with van der Waals surface area (Å²) in [5.74, 6) is 1.91. The van der Waals surface area contributed by atoms with Gasteiger partial charge in [0.25, 0.3) is 0 Å². The third kappa shape index (κ3) is 2.02. The number of nitrogens with zero attached hydrogens (tertiary/aromatic N) is 2. The standard InChI is InChI=1S/C10H13BrN2/c1-8-4-5-13(7-8)10-3-2-9(11)6-12-10/h2-3,6,8H,4-5,7H2,1H3/t8-/m0/s1. The van der Waals surface area contributed by atoms with Crippen LogP contribution in [0.15, 0.2) is 22.8 Å². The average Bonchev–Trinajstić information content (AvgIpc) is 2.53. The van der Waals surface area contributed by atoms with Crippen LogP contribution in [0, 0.1) is 5.92 Å². The maximum atomic E-state index is 4.37. The fraction of sp³-hybridized carbons (Fsp3) is 0.500. The molecule has 0 N–H and O–H groups in total. The quantitative estimate of drug-likeness (QED) is 0.751. The van der Waals surface area contributed by atoms with Gasteiger partial charge in [-0.1, -0.05) is 6.92 Å². The van der Waals surface area contributed by atoms with Crippen LogP contribution < -0.4 is 4.90 Å². The first-order valence-electron chi connectivity index (χ1n) is 4.62. The van der Waals surface area contributed by atoms with E-state index in [9.17, 15) is 0 Å². The van der Waals surface area contributed by atoms with Crippen molar-refractivity contribution in [3.05, 3.63) is 22.8 Å². The van der Waals surface area contributed by atoms with Crippen LogP contribution in [0.4, 0.5) is 5.82 Å². The van der Waals surface area contributed by atoms with Crippen LogP contribution in [0.5, 0.6) is 0 Å². The molecule has 1 aliphatic rings. The highest BCUT2D eigenvalue weighted by atomic mass is 79.9. The molecule has 1 aromatic rings. The van der Waals surface area contributed by atoms with Crippen LogP contribution >= 0.6 is 15.9 Å². The van der Waals surface area contributed by atoms with E-state index in [0.29, 0.717) is 0 Å². The lowest BCUT2D eigenvalue weighted by atomic mass is 10.2. The minimum Gasteiger partial charge on any atom is -0.356 e. The van der Waals surface area contributed by atoms with Crippen LogP contribution in [0.2, 0.25) is 0 Å². The zero-order valence-electron chi connectivity index (χ0n) is 7.70. The van der Waals surface area contributed by atoms with Gasteiger partial charge >= 0.3 is 0 Å². The van der Waals surface area contributed by atoms with Gasteiger partial charge in [-0.3, -0.25) is 0 Å². The molecule has 2 nitrogen and oxygen atoms in total. The summed E-state index contributed by atoms with van der Waals surface area (Å²) in [6.07, 6.45) is 3.15. The zero-order valence-corrected chi connectivity index (χ0v) is 9.29. The predicted octanol–water partition coefficient (Wildman–Crippen LogP) is 2.69. The summed E-state index contributed by atoms with van der Waals surface area (Å²) in [5.41, 5.74) is 0. The molecule has 0 unspecified atom stereocenters. The molecule has 0 amide bonds. The van der Waals surface area contributed by atoms with Crippen molar-refractivity contribution < 1.29 is 0 Å². The van der Waals surface area contributed by atoms with Gasteiger partial charge in [0, 0.05) is 23.8 Å². The highest BCUT2D eigenvalue weighted by Crippen LogP contribution is 2.22. The molecule has 0 radical (unpaired) electrons. The summed E-state index contributed by atoms with van der Waals surface area (Å²) in [6.45, 7) is 4.59. The predicted molar refractivity (Wildman–Crippen MR) is 57.9 cm³/mol. The Morgan fingerprint density at radius 3 is 2.92 bits per heavy atom. The van der Waals surface area contributed by atoms with Crippen molar-refractivity contribution in [1.29, 1.82) is 0 Å². The molecular weight excluding hydrogens is 228 g/mol. The molecule has 1 fully saturated rings. The number of pyridine rings is 1. The summed E-state index contributed by atoms with van der Waals surface area (Å²) in [5, 5.41) is 0. The summed E-state index contributed by atoms with van der Waals surface area (Å²) in [4.78, 5) is 6.72. The normalized spacial score (nSPS) is 22.3. The Balaban J connectivity index is 2.13. The SMILES string of the molecule is C[C@H]1CCN(c2ccc(Br)cn2)C1.